The van der Waals surface area contributed by atoms with Crippen molar-refractivity contribution in [3.8, 4) is 5.75 Å². The lowest BCUT2D eigenvalue weighted by atomic mass is 10.0. The Morgan fingerprint density at radius 2 is 1.59 bits per heavy atom. The topological polar surface area (TPSA) is 21.3 Å². The molecule has 0 amide bonds. The van der Waals surface area contributed by atoms with E-state index >= 15 is 0 Å². The lowest BCUT2D eigenvalue weighted by Gasteiger charge is -2.16. The van der Waals surface area contributed by atoms with Gasteiger partial charge in [-0.2, -0.15) is 0 Å². The van der Waals surface area contributed by atoms with Crippen LogP contribution >= 0.6 is 11.6 Å². The van der Waals surface area contributed by atoms with Crippen molar-refractivity contribution < 1.29 is 4.74 Å². The third kappa shape index (κ3) is 6.48. The molecule has 0 unspecified atom stereocenters. The van der Waals surface area contributed by atoms with Gasteiger partial charge in [0.1, 0.15) is 12.4 Å². The Morgan fingerprint density at radius 1 is 0.828 bits per heavy atom. The van der Waals surface area contributed by atoms with Crippen molar-refractivity contribution in [1.29, 1.82) is 0 Å². The maximum absolute atomic E-state index is 6.30. The molecule has 0 radical (unpaired) electrons. The van der Waals surface area contributed by atoms with Gasteiger partial charge in [0, 0.05) is 22.7 Å². The van der Waals surface area contributed by atoms with Gasteiger partial charge in [-0.3, -0.25) is 0 Å². The number of hydrogen-bond donors (Lipinski definition) is 1. The van der Waals surface area contributed by atoms with Gasteiger partial charge in [-0.25, -0.2) is 0 Å². The summed E-state index contributed by atoms with van der Waals surface area (Å²) in [6.07, 6.45) is 7.89. The van der Waals surface area contributed by atoms with E-state index < -0.39 is 0 Å². The van der Waals surface area contributed by atoms with Gasteiger partial charge >= 0.3 is 0 Å². The number of rotatable bonds is 12. The zero-order chi connectivity index (χ0) is 20.3. The predicted octanol–water partition coefficient (Wildman–Crippen LogP) is 7.52. The van der Waals surface area contributed by atoms with Crippen molar-refractivity contribution in [1.82, 2.24) is 5.32 Å². The van der Waals surface area contributed by atoms with E-state index in [2.05, 4.69) is 48.6 Å². The summed E-state index contributed by atoms with van der Waals surface area (Å²) >= 11 is 6.30. The first-order valence-electron chi connectivity index (χ1n) is 10.9. The highest BCUT2D eigenvalue weighted by Crippen LogP contribution is 2.29. The van der Waals surface area contributed by atoms with Crippen LogP contribution in [0.4, 0.5) is 0 Å². The molecule has 0 aromatic heterocycles. The molecule has 0 aliphatic rings. The SMILES string of the molecule is CCCCCCCCNCc1c(OCc2ccccc2Cl)ccc2ccccc12. The zero-order valence-electron chi connectivity index (χ0n) is 17.4. The van der Waals surface area contributed by atoms with Crippen LogP contribution < -0.4 is 10.1 Å². The summed E-state index contributed by atoms with van der Waals surface area (Å²) in [5.74, 6) is 0.930. The quantitative estimate of drug-likeness (QED) is 0.312. The van der Waals surface area contributed by atoms with Gasteiger partial charge in [0.2, 0.25) is 0 Å². The number of fused-ring (bicyclic) bond motifs is 1. The van der Waals surface area contributed by atoms with E-state index in [0.29, 0.717) is 6.61 Å². The first-order valence-corrected chi connectivity index (χ1v) is 11.2. The molecule has 29 heavy (non-hydrogen) atoms. The van der Waals surface area contributed by atoms with E-state index in [9.17, 15) is 0 Å². The molecule has 1 N–H and O–H groups in total. The maximum Gasteiger partial charge on any atom is 0.124 e. The van der Waals surface area contributed by atoms with E-state index in [1.54, 1.807) is 0 Å². The number of ether oxygens (including phenoxy) is 1. The lowest BCUT2D eigenvalue weighted by Crippen LogP contribution is -2.16. The molecule has 3 aromatic carbocycles. The van der Waals surface area contributed by atoms with E-state index in [0.717, 1.165) is 29.4 Å². The van der Waals surface area contributed by atoms with Gasteiger partial charge in [0.25, 0.3) is 0 Å². The van der Waals surface area contributed by atoms with E-state index in [1.807, 2.05) is 24.3 Å². The Kier molecular flexibility index (Phi) is 8.85. The van der Waals surface area contributed by atoms with E-state index in [4.69, 9.17) is 16.3 Å². The van der Waals surface area contributed by atoms with Crippen LogP contribution in [0.15, 0.2) is 60.7 Å². The second-order valence-electron chi connectivity index (χ2n) is 7.59. The Hall–Kier alpha value is -2.03. The zero-order valence-corrected chi connectivity index (χ0v) is 18.2. The molecule has 0 heterocycles. The minimum Gasteiger partial charge on any atom is -0.488 e. The predicted molar refractivity (Wildman–Crippen MR) is 125 cm³/mol. The molecule has 0 aliphatic carbocycles. The second kappa shape index (κ2) is 11.8. The Balaban J connectivity index is 1.64. The van der Waals surface area contributed by atoms with Crippen LogP contribution in [-0.4, -0.2) is 6.54 Å². The third-order valence-electron chi connectivity index (χ3n) is 5.35. The number of nitrogens with one attached hydrogen (secondary N) is 1. The molecule has 3 heteroatoms. The molecule has 3 rings (SSSR count). The van der Waals surface area contributed by atoms with Crippen LogP contribution in [0.1, 0.15) is 56.6 Å². The molecule has 0 aliphatic heterocycles. The molecule has 0 atom stereocenters. The van der Waals surface area contributed by atoms with Gasteiger partial charge in [-0.1, -0.05) is 99.2 Å². The van der Waals surface area contributed by atoms with Crippen molar-refractivity contribution in [3.05, 3.63) is 76.8 Å². The van der Waals surface area contributed by atoms with Crippen LogP contribution in [0, 0.1) is 0 Å². The highest BCUT2D eigenvalue weighted by molar-refractivity contribution is 6.31. The average molecular weight is 410 g/mol. The Morgan fingerprint density at radius 3 is 2.45 bits per heavy atom. The van der Waals surface area contributed by atoms with E-state index in [-0.39, 0.29) is 0 Å². The summed E-state index contributed by atoms with van der Waals surface area (Å²) in [7, 11) is 0. The van der Waals surface area contributed by atoms with Crippen LogP contribution in [0.5, 0.6) is 5.75 Å². The summed E-state index contributed by atoms with van der Waals surface area (Å²) in [6, 6.07) is 20.6. The van der Waals surface area contributed by atoms with Crippen molar-refractivity contribution in [2.24, 2.45) is 0 Å². The minimum atomic E-state index is 0.475. The highest BCUT2D eigenvalue weighted by atomic mass is 35.5. The first kappa shape index (κ1) is 21.7. The normalized spacial score (nSPS) is 11.1. The summed E-state index contributed by atoms with van der Waals surface area (Å²) < 4.78 is 6.21. The van der Waals surface area contributed by atoms with Crippen molar-refractivity contribution >= 4 is 22.4 Å². The Bertz CT molecular complexity index is 893. The summed E-state index contributed by atoms with van der Waals surface area (Å²) in [6.45, 7) is 4.59. The molecule has 0 bridgehead atoms. The molecule has 0 saturated carbocycles. The summed E-state index contributed by atoms with van der Waals surface area (Å²) in [5, 5.41) is 6.87. The summed E-state index contributed by atoms with van der Waals surface area (Å²) in [5.41, 5.74) is 2.23. The van der Waals surface area contributed by atoms with Gasteiger partial charge in [0.15, 0.2) is 0 Å². The smallest absolute Gasteiger partial charge is 0.124 e. The fourth-order valence-corrected chi connectivity index (χ4v) is 3.84. The first-order chi connectivity index (χ1) is 14.3. The fourth-order valence-electron chi connectivity index (χ4n) is 3.65. The monoisotopic (exact) mass is 409 g/mol. The fraction of sp³-hybridized carbons (Fsp3) is 0.385. The minimum absolute atomic E-state index is 0.475. The van der Waals surface area contributed by atoms with Gasteiger partial charge in [0.05, 0.1) is 0 Å². The molecule has 154 valence electrons. The number of halogens is 1. The van der Waals surface area contributed by atoms with E-state index in [1.165, 1.54) is 54.9 Å². The standard InChI is InChI=1S/C26H32ClNO/c1-2-3-4-5-6-11-18-28-19-24-23-14-9-7-12-21(23)16-17-26(24)29-20-22-13-8-10-15-25(22)27/h7-10,12-17,28H,2-6,11,18-20H2,1H3. The molecule has 0 spiro atoms. The number of unbranched alkanes of at least 4 members (excludes halogenated alkanes) is 5. The van der Waals surface area contributed by atoms with Crippen molar-refractivity contribution in [2.45, 2.75) is 58.6 Å². The van der Waals surface area contributed by atoms with Gasteiger partial charge < -0.3 is 10.1 Å². The van der Waals surface area contributed by atoms with Crippen molar-refractivity contribution in [3.63, 3.8) is 0 Å². The number of hydrogen-bond acceptors (Lipinski definition) is 2. The number of benzene rings is 3. The molecule has 3 aromatic rings. The van der Waals surface area contributed by atoms with Crippen molar-refractivity contribution in [2.75, 3.05) is 6.54 Å². The molecular weight excluding hydrogens is 378 g/mol. The van der Waals surface area contributed by atoms with Crippen LogP contribution in [0.3, 0.4) is 0 Å². The van der Waals surface area contributed by atoms with Gasteiger partial charge in [-0.15, -0.1) is 0 Å². The highest BCUT2D eigenvalue weighted by Gasteiger charge is 2.10. The average Bonchev–Trinajstić information content (AvgIpc) is 2.75. The molecule has 0 fully saturated rings. The van der Waals surface area contributed by atoms with Crippen LogP contribution in [-0.2, 0) is 13.2 Å². The third-order valence-corrected chi connectivity index (χ3v) is 5.72. The van der Waals surface area contributed by atoms with Crippen LogP contribution in [0.25, 0.3) is 10.8 Å². The van der Waals surface area contributed by atoms with Crippen LogP contribution in [0.2, 0.25) is 5.02 Å². The molecular formula is C26H32ClNO. The lowest BCUT2D eigenvalue weighted by molar-refractivity contribution is 0.303. The maximum atomic E-state index is 6.30. The summed E-state index contributed by atoms with van der Waals surface area (Å²) in [4.78, 5) is 0. The Labute approximate surface area is 180 Å². The van der Waals surface area contributed by atoms with Gasteiger partial charge in [-0.05, 0) is 35.9 Å². The molecule has 2 nitrogen and oxygen atoms in total. The second-order valence-corrected chi connectivity index (χ2v) is 8.00. The largest absolute Gasteiger partial charge is 0.488 e. The molecule has 0 saturated heterocycles.